The Morgan fingerprint density at radius 3 is 2.47 bits per heavy atom. The summed E-state index contributed by atoms with van der Waals surface area (Å²) in [4.78, 5) is 14.8. The molecular weight excluding hydrogens is 482 g/mol. The van der Waals surface area contributed by atoms with E-state index in [1.807, 2.05) is 0 Å². The average Bonchev–Trinajstić information content (AvgIpc) is 2.64. The predicted octanol–water partition coefficient (Wildman–Crippen LogP) is 3.93. The Bertz CT molecular complexity index is 1310. The first kappa shape index (κ1) is 22.1. The van der Waals surface area contributed by atoms with Crippen LogP contribution in [0.1, 0.15) is 16.8 Å². The molecular formula is C20H17BrF2N2O4S. The van der Waals surface area contributed by atoms with Crippen LogP contribution in [0.4, 0.5) is 8.78 Å². The molecule has 158 valence electrons. The van der Waals surface area contributed by atoms with Gasteiger partial charge in [-0.2, -0.15) is 0 Å². The molecule has 0 fully saturated rings. The second-order valence-corrected chi connectivity index (χ2v) is 9.00. The fourth-order valence-corrected chi connectivity index (χ4v) is 3.92. The lowest BCUT2D eigenvalue weighted by atomic mass is 9.98. The number of aryl methyl sites for hydroxylation is 2. The molecule has 0 aliphatic heterocycles. The second kappa shape index (κ2) is 8.29. The summed E-state index contributed by atoms with van der Waals surface area (Å²) in [6.45, 7) is 3.09. The van der Waals surface area contributed by atoms with Gasteiger partial charge in [0.15, 0.2) is 0 Å². The lowest BCUT2D eigenvalue weighted by Gasteiger charge is -2.18. The van der Waals surface area contributed by atoms with Crippen molar-refractivity contribution in [2.45, 2.75) is 25.3 Å². The van der Waals surface area contributed by atoms with E-state index in [4.69, 9.17) is 9.88 Å². The number of pyridine rings is 1. The molecule has 0 amide bonds. The van der Waals surface area contributed by atoms with Crippen LogP contribution in [0.5, 0.6) is 5.75 Å². The summed E-state index contributed by atoms with van der Waals surface area (Å²) in [6.07, 6.45) is 0. The summed E-state index contributed by atoms with van der Waals surface area (Å²) in [6, 6.07) is 7.40. The molecule has 10 heteroatoms. The number of ether oxygens (including phenoxy) is 1. The number of H-pyrrole nitrogens is 1. The van der Waals surface area contributed by atoms with E-state index in [9.17, 15) is 22.0 Å². The summed E-state index contributed by atoms with van der Waals surface area (Å²) >= 11 is 3.18. The zero-order chi connectivity index (χ0) is 22.2. The molecule has 6 nitrogen and oxygen atoms in total. The van der Waals surface area contributed by atoms with Crippen LogP contribution in [0.15, 0.2) is 50.6 Å². The molecule has 0 atom stereocenters. The zero-order valence-electron chi connectivity index (χ0n) is 15.9. The summed E-state index contributed by atoms with van der Waals surface area (Å²) in [5, 5.41) is 5.25. The van der Waals surface area contributed by atoms with Gasteiger partial charge in [0.1, 0.15) is 28.5 Å². The van der Waals surface area contributed by atoms with Gasteiger partial charge < -0.3 is 9.72 Å². The van der Waals surface area contributed by atoms with E-state index in [0.717, 1.165) is 12.1 Å². The van der Waals surface area contributed by atoms with Crippen LogP contribution in [-0.2, 0) is 16.6 Å². The third-order valence-corrected chi connectivity index (χ3v) is 6.13. The van der Waals surface area contributed by atoms with Crippen molar-refractivity contribution < 1.29 is 21.9 Å². The Morgan fingerprint density at radius 2 is 1.83 bits per heavy atom. The van der Waals surface area contributed by atoms with Gasteiger partial charge in [0.25, 0.3) is 5.56 Å². The maximum absolute atomic E-state index is 14.0. The van der Waals surface area contributed by atoms with Crippen molar-refractivity contribution in [2.24, 2.45) is 5.14 Å². The van der Waals surface area contributed by atoms with Crippen LogP contribution in [0, 0.1) is 25.5 Å². The first-order valence-electron chi connectivity index (χ1n) is 8.62. The number of benzene rings is 2. The quantitative estimate of drug-likeness (QED) is 0.556. The number of hydrogen-bond acceptors (Lipinski definition) is 4. The molecule has 1 aromatic heterocycles. The van der Waals surface area contributed by atoms with Crippen LogP contribution in [0.25, 0.3) is 11.1 Å². The Balaban J connectivity index is 2.17. The van der Waals surface area contributed by atoms with Gasteiger partial charge in [-0.25, -0.2) is 22.3 Å². The van der Waals surface area contributed by atoms with Crippen LogP contribution >= 0.6 is 15.9 Å². The Morgan fingerprint density at radius 1 is 1.13 bits per heavy atom. The lowest BCUT2D eigenvalue weighted by Crippen LogP contribution is -2.14. The van der Waals surface area contributed by atoms with Gasteiger partial charge in [-0.3, -0.25) is 4.79 Å². The fourth-order valence-electron chi connectivity index (χ4n) is 2.97. The SMILES string of the molecule is Cc1ccc(S(N)(=O)=O)cc1-c1c(C)[nH]c(=O)c(Br)c1OCc1ccc(F)cc1F. The number of nitrogens with two attached hydrogens (primary N) is 1. The molecule has 0 bridgehead atoms. The number of sulfonamides is 1. The van der Waals surface area contributed by atoms with E-state index in [1.54, 1.807) is 19.9 Å². The molecule has 2 aromatic carbocycles. The summed E-state index contributed by atoms with van der Waals surface area (Å²) in [5.74, 6) is -1.42. The Hall–Kier alpha value is -2.56. The van der Waals surface area contributed by atoms with E-state index >= 15 is 0 Å². The van der Waals surface area contributed by atoms with E-state index in [1.165, 1.54) is 18.2 Å². The monoisotopic (exact) mass is 498 g/mol. The number of hydrogen-bond donors (Lipinski definition) is 2. The van der Waals surface area contributed by atoms with Crippen LogP contribution < -0.4 is 15.4 Å². The van der Waals surface area contributed by atoms with Crippen molar-refractivity contribution in [3.63, 3.8) is 0 Å². The number of aromatic amines is 1. The van der Waals surface area contributed by atoms with Gasteiger partial charge >= 0.3 is 0 Å². The second-order valence-electron chi connectivity index (χ2n) is 6.64. The molecule has 30 heavy (non-hydrogen) atoms. The number of primary sulfonamides is 1. The standard InChI is InChI=1S/C20H17BrF2N2O4S/c1-10-3-6-14(30(24,27)28)8-15(10)17-11(2)25-20(26)18(21)19(17)29-9-12-4-5-13(22)7-16(12)23/h3-8H,9H2,1-2H3,(H,25,26)(H2,24,27,28). The van der Waals surface area contributed by atoms with Gasteiger partial charge in [0, 0.05) is 22.9 Å². The molecule has 0 saturated carbocycles. The largest absolute Gasteiger partial charge is 0.487 e. The predicted molar refractivity (Wildman–Crippen MR) is 112 cm³/mol. The molecule has 0 aliphatic carbocycles. The van der Waals surface area contributed by atoms with Gasteiger partial charge in [-0.15, -0.1) is 0 Å². The summed E-state index contributed by atoms with van der Waals surface area (Å²) < 4.78 is 56.6. The maximum atomic E-state index is 14.0. The highest BCUT2D eigenvalue weighted by molar-refractivity contribution is 9.10. The van der Waals surface area contributed by atoms with Crippen LogP contribution in [-0.4, -0.2) is 13.4 Å². The molecule has 1 heterocycles. The normalized spacial score (nSPS) is 11.5. The number of aromatic nitrogens is 1. The van der Waals surface area contributed by atoms with Crippen molar-refractivity contribution in [1.29, 1.82) is 0 Å². The highest BCUT2D eigenvalue weighted by Crippen LogP contribution is 2.39. The molecule has 0 unspecified atom stereocenters. The van der Waals surface area contributed by atoms with Crippen LogP contribution in [0.2, 0.25) is 0 Å². The van der Waals surface area contributed by atoms with Crippen LogP contribution in [0.3, 0.4) is 0 Å². The fraction of sp³-hybridized carbons (Fsp3) is 0.150. The van der Waals surface area contributed by atoms with Crippen molar-refractivity contribution in [2.75, 3.05) is 0 Å². The first-order valence-corrected chi connectivity index (χ1v) is 11.0. The minimum Gasteiger partial charge on any atom is -0.487 e. The number of halogens is 3. The lowest BCUT2D eigenvalue weighted by molar-refractivity contribution is 0.298. The smallest absolute Gasteiger partial charge is 0.266 e. The molecule has 0 radical (unpaired) electrons. The van der Waals surface area contributed by atoms with Gasteiger partial charge in [-0.1, -0.05) is 6.07 Å². The molecule has 3 aromatic rings. The minimum absolute atomic E-state index is 0.0472. The van der Waals surface area contributed by atoms with Gasteiger partial charge in [0.2, 0.25) is 10.0 Å². The third kappa shape index (κ3) is 4.45. The van der Waals surface area contributed by atoms with Crippen molar-refractivity contribution in [3.05, 3.63) is 79.7 Å². The zero-order valence-corrected chi connectivity index (χ0v) is 18.3. The maximum Gasteiger partial charge on any atom is 0.266 e. The van der Waals surface area contributed by atoms with E-state index in [2.05, 4.69) is 20.9 Å². The van der Waals surface area contributed by atoms with E-state index in [0.29, 0.717) is 22.4 Å². The molecule has 0 aliphatic rings. The highest BCUT2D eigenvalue weighted by atomic mass is 79.9. The third-order valence-electron chi connectivity index (χ3n) is 4.50. The first-order chi connectivity index (χ1) is 14.0. The minimum atomic E-state index is -3.97. The topological polar surface area (TPSA) is 102 Å². The summed E-state index contributed by atoms with van der Waals surface area (Å²) in [7, 11) is -3.97. The molecule has 3 N–H and O–H groups in total. The van der Waals surface area contributed by atoms with Crippen molar-refractivity contribution in [1.82, 2.24) is 4.98 Å². The average molecular weight is 499 g/mol. The molecule has 3 rings (SSSR count). The Labute approximate surface area is 179 Å². The number of rotatable bonds is 5. The Kier molecular flexibility index (Phi) is 6.11. The van der Waals surface area contributed by atoms with Gasteiger partial charge in [-0.05, 0) is 65.2 Å². The van der Waals surface area contributed by atoms with E-state index in [-0.39, 0.29) is 27.3 Å². The number of nitrogens with one attached hydrogen (secondary N) is 1. The molecule has 0 saturated heterocycles. The van der Waals surface area contributed by atoms with Gasteiger partial charge in [0.05, 0.1) is 4.90 Å². The van der Waals surface area contributed by atoms with Crippen molar-refractivity contribution in [3.8, 4) is 16.9 Å². The highest BCUT2D eigenvalue weighted by Gasteiger charge is 2.21. The summed E-state index contributed by atoms with van der Waals surface area (Å²) in [5.41, 5.74) is 1.58. The van der Waals surface area contributed by atoms with Crippen molar-refractivity contribution >= 4 is 26.0 Å². The molecule has 0 spiro atoms. The van der Waals surface area contributed by atoms with E-state index < -0.39 is 27.2 Å².